The lowest BCUT2D eigenvalue weighted by molar-refractivity contribution is 0.0523. The third-order valence-corrected chi connectivity index (χ3v) is 5.82. The molecule has 11 nitrogen and oxygen atoms in total. The molecule has 1 unspecified atom stereocenters. The highest BCUT2D eigenvalue weighted by Gasteiger charge is 2.18. The summed E-state index contributed by atoms with van der Waals surface area (Å²) in [6.07, 6.45) is 1.04. The smallest absolute Gasteiger partial charge is 0.407 e. The number of alkyl carbamates (subject to hydrolysis) is 1. The van der Waals surface area contributed by atoms with Crippen LogP contribution in [-0.4, -0.2) is 44.3 Å². The minimum absolute atomic E-state index is 0.0810. The lowest BCUT2D eigenvalue weighted by Crippen LogP contribution is -2.43. The van der Waals surface area contributed by atoms with E-state index in [4.69, 9.17) is 4.74 Å². The summed E-state index contributed by atoms with van der Waals surface area (Å²) in [6, 6.07) is 14.4. The molecular formula is C27H30N5O6S-. The van der Waals surface area contributed by atoms with Gasteiger partial charge in [-0.2, -0.15) is 0 Å². The van der Waals surface area contributed by atoms with Gasteiger partial charge in [0.2, 0.25) is 0 Å². The summed E-state index contributed by atoms with van der Waals surface area (Å²) in [6.45, 7) is 7.34. The van der Waals surface area contributed by atoms with Gasteiger partial charge in [-0.25, -0.2) is 9.21 Å². The van der Waals surface area contributed by atoms with Gasteiger partial charge in [0.1, 0.15) is 5.60 Å². The predicted octanol–water partition coefficient (Wildman–Crippen LogP) is 3.39. The number of hydrazine groups is 1. The maximum absolute atomic E-state index is 13.1. The fourth-order valence-corrected chi connectivity index (χ4v) is 4.00. The van der Waals surface area contributed by atoms with Gasteiger partial charge in [0, 0.05) is 36.5 Å². The average Bonchev–Trinajstić information content (AvgIpc) is 2.88. The number of ether oxygens (including phenoxy) is 1. The van der Waals surface area contributed by atoms with Gasteiger partial charge in [-0.15, -0.1) is 0 Å². The molecule has 0 saturated carbocycles. The molecule has 1 heterocycles. The average molecular weight is 553 g/mol. The van der Waals surface area contributed by atoms with E-state index in [-0.39, 0.29) is 23.4 Å². The Morgan fingerprint density at radius 1 is 1.03 bits per heavy atom. The van der Waals surface area contributed by atoms with Crippen molar-refractivity contribution in [2.75, 3.05) is 11.5 Å². The molecule has 206 valence electrons. The first-order valence-electron chi connectivity index (χ1n) is 11.9. The van der Waals surface area contributed by atoms with Gasteiger partial charge in [-0.3, -0.25) is 24.2 Å². The molecule has 0 bridgehead atoms. The Labute approximate surface area is 229 Å². The zero-order valence-corrected chi connectivity index (χ0v) is 23.0. The van der Waals surface area contributed by atoms with E-state index in [1.54, 1.807) is 58.2 Å². The molecule has 0 aliphatic rings. The van der Waals surface area contributed by atoms with E-state index in [0.29, 0.717) is 15.7 Å². The molecule has 0 fully saturated rings. The lowest BCUT2D eigenvalue weighted by Gasteiger charge is -2.27. The number of nitrogens with zero attached hydrogens (tertiary/aromatic N) is 2. The Balaban J connectivity index is 1.82. The highest BCUT2D eigenvalue weighted by Crippen LogP contribution is 2.23. The zero-order chi connectivity index (χ0) is 28.7. The zero-order valence-electron chi connectivity index (χ0n) is 22.2. The number of rotatable bonds is 8. The molecule has 39 heavy (non-hydrogen) atoms. The van der Waals surface area contributed by atoms with Crippen molar-refractivity contribution >= 4 is 34.9 Å². The minimum atomic E-state index is -2.87. The van der Waals surface area contributed by atoms with Crippen LogP contribution in [0.3, 0.4) is 0 Å². The van der Waals surface area contributed by atoms with E-state index in [0.717, 1.165) is 11.1 Å². The summed E-state index contributed by atoms with van der Waals surface area (Å²) in [5.74, 6) is -1.09. The molecule has 3 rings (SSSR count). The molecule has 3 aromatic rings. The third kappa shape index (κ3) is 8.35. The second kappa shape index (κ2) is 12.5. The standard InChI is InChI=1S/C27H31N5O6S/c1-17-11-20(23-13-18(9-10-29-23)16-30-26(35)38-27(2,3)4)14-21(12-17)25(34)31-32(39(36)37)22-8-6-7-19(15-22)24(33)28-5/h6-15H,16H2,1-5H3,(H,28,33)(H,30,35)(H,31,34)(H,36,37)/p-1. The topological polar surface area (TPSA) is 153 Å². The molecule has 1 atom stereocenters. The van der Waals surface area contributed by atoms with E-state index < -0.39 is 34.8 Å². The number of carbonyl (C=O) groups is 3. The number of benzene rings is 2. The van der Waals surface area contributed by atoms with Gasteiger partial charge in [0.05, 0.1) is 22.6 Å². The van der Waals surface area contributed by atoms with Crippen LogP contribution in [0.1, 0.15) is 52.6 Å². The van der Waals surface area contributed by atoms with Crippen LogP contribution in [-0.2, 0) is 22.5 Å². The number of nitrogens with one attached hydrogen (secondary N) is 3. The van der Waals surface area contributed by atoms with Crippen LogP contribution in [0.2, 0.25) is 0 Å². The Kier molecular flexibility index (Phi) is 9.38. The number of hydrogen-bond acceptors (Lipinski definition) is 7. The Morgan fingerprint density at radius 2 is 1.77 bits per heavy atom. The first-order valence-corrected chi connectivity index (χ1v) is 13.0. The van der Waals surface area contributed by atoms with Gasteiger partial charge < -0.3 is 19.9 Å². The normalized spacial score (nSPS) is 11.7. The number of aromatic nitrogens is 1. The molecular weight excluding hydrogens is 522 g/mol. The number of anilines is 1. The van der Waals surface area contributed by atoms with Crippen molar-refractivity contribution in [3.05, 3.63) is 83.0 Å². The summed E-state index contributed by atoms with van der Waals surface area (Å²) >= 11 is -2.87. The van der Waals surface area contributed by atoms with Crippen LogP contribution in [0.25, 0.3) is 11.3 Å². The van der Waals surface area contributed by atoms with Crippen LogP contribution in [0.4, 0.5) is 10.5 Å². The Morgan fingerprint density at radius 3 is 2.44 bits per heavy atom. The van der Waals surface area contributed by atoms with Gasteiger partial charge in [-0.05, 0) is 87.4 Å². The summed E-state index contributed by atoms with van der Waals surface area (Å²) in [5, 5.41) is 5.16. The molecule has 1 aromatic heterocycles. The van der Waals surface area contributed by atoms with Crippen LogP contribution in [0, 0.1) is 6.92 Å². The van der Waals surface area contributed by atoms with E-state index in [2.05, 4.69) is 21.0 Å². The van der Waals surface area contributed by atoms with E-state index in [9.17, 15) is 23.1 Å². The lowest BCUT2D eigenvalue weighted by atomic mass is 10.0. The largest absolute Gasteiger partial charge is 0.754 e. The monoisotopic (exact) mass is 552 g/mol. The van der Waals surface area contributed by atoms with Gasteiger partial charge in [0.15, 0.2) is 0 Å². The summed E-state index contributed by atoms with van der Waals surface area (Å²) in [7, 11) is 1.46. The van der Waals surface area contributed by atoms with E-state index in [1.165, 1.54) is 31.3 Å². The second-order valence-corrected chi connectivity index (χ2v) is 10.4. The highest BCUT2D eigenvalue weighted by molar-refractivity contribution is 7.80. The van der Waals surface area contributed by atoms with Crippen molar-refractivity contribution in [3.63, 3.8) is 0 Å². The Hall–Kier alpha value is -4.29. The fraction of sp³-hybridized carbons (Fsp3) is 0.259. The SMILES string of the molecule is CNC(=O)c1cccc(N(NC(=O)c2cc(C)cc(-c3cc(CNC(=O)OC(C)(C)C)ccn3)c2)S(=O)[O-])c1. The van der Waals surface area contributed by atoms with Crippen molar-refractivity contribution in [1.82, 2.24) is 21.0 Å². The van der Waals surface area contributed by atoms with Gasteiger partial charge >= 0.3 is 6.09 Å². The molecule has 2 aromatic carbocycles. The maximum Gasteiger partial charge on any atom is 0.407 e. The summed E-state index contributed by atoms with van der Waals surface area (Å²) in [5.41, 5.74) is 4.94. The first kappa shape index (κ1) is 29.3. The maximum atomic E-state index is 13.1. The summed E-state index contributed by atoms with van der Waals surface area (Å²) < 4.78 is 29.8. The van der Waals surface area contributed by atoms with Crippen molar-refractivity contribution in [3.8, 4) is 11.3 Å². The number of amides is 3. The molecule has 3 amide bonds. The number of pyridine rings is 1. The molecule has 0 radical (unpaired) electrons. The Bertz CT molecular complexity index is 1410. The van der Waals surface area contributed by atoms with Crippen molar-refractivity contribution in [2.24, 2.45) is 0 Å². The molecule has 0 saturated heterocycles. The third-order valence-electron chi connectivity index (χ3n) is 5.22. The molecule has 12 heteroatoms. The van der Waals surface area contributed by atoms with Crippen molar-refractivity contribution < 1.29 is 27.9 Å². The van der Waals surface area contributed by atoms with Crippen LogP contribution in [0.15, 0.2) is 60.8 Å². The minimum Gasteiger partial charge on any atom is -0.754 e. The van der Waals surface area contributed by atoms with E-state index >= 15 is 0 Å². The van der Waals surface area contributed by atoms with Crippen LogP contribution >= 0.6 is 0 Å². The highest BCUT2D eigenvalue weighted by atomic mass is 32.2. The fourth-order valence-electron chi connectivity index (χ4n) is 3.56. The predicted molar refractivity (Wildman–Crippen MR) is 146 cm³/mol. The molecule has 0 aliphatic heterocycles. The van der Waals surface area contributed by atoms with Crippen LogP contribution in [0.5, 0.6) is 0 Å². The molecule has 0 spiro atoms. The van der Waals surface area contributed by atoms with Crippen molar-refractivity contribution in [1.29, 1.82) is 0 Å². The van der Waals surface area contributed by atoms with E-state index in [1.807, 2.05) is 6.07 Å². The quantitative estimate of drug-likeness (QED) is 0.286. The summed E-state index contributed by atoms with van der Waals surface area (Å²) in [4.78, 5) is 41.5. The number of aryl methyl sites for hydroxylation is 1. The van der Waals surface area contributed by atoms with Gasteiger partial charge in [-0.1, -0.05) is 6.07 Å². The van der Waals surface area contributed by atoms with Crippen LogP contribution < -0.4 is 20.5 Å². The number of hydrogen-bond donors (Lipinski definition) is 3. The molecule has 3 N–H and O–H groups in total. The second-order valence-electron chi connectivity index (χ2n) is 9.57. The molecule has 0 aliphatic carbocycles. The van der Waals surface area contributed by atoms with Gasteiger partial charge in [0.25, 0.3) is 11.8 Å². The number of carbonyl (C=O) groups excluding carboxylic acids is 3. The van der Waals surface area contributed by atoms with Crippen molar-refractivity contribution in [2.45, 2.75) is 39.8 Å². The first-order chi connectivity index (χ1) is 18.4.